The molecule has 0 N–H and O–H groups in total. The highest BCUT2D eigenvalue weighted by atomic mass is 19.1. The first-order valence-corrected chi connectivity index (χ1v) is 6.92. The highest BCUT2D eigenvalue weighted by Crippen LogP contribution is 2.60. The summed E-state index contributed by atoms with van der Waals surface area (Å²) < 4.78 is 18.4. The molecule has 1 rings (SSSR count). The van der Waals surface area contributed by atoms with E-state index < -0.39 is 6.10 Å². The van der Waals surface area contributed by atoms with Gasteiger partial charge in [-0.2, -0.15) is 0 Å². The molecule has 2 nitrogen and oxygen atoms in total. The third kappa shape index (κ3) is 3.50. The molecule has 20 heavy (non-hydrogen) atoms. The lowest BCUT2D eigenvalue weighted by molar-refractivity contribution is -0.147. The zero-order valence-electron chi connectivity index (χ0n) is 12.9. The predicted molar refractivity (Wildman–Crippen MR) is 78.4 cm³/mol. The molecule has 1 aliphatic rings. The van der Waals surface area contributed by atoms with Crippen molar-refractivity contribution in [1.29, 1.82) is 0 Å². The van der Waals surface area contributed by atoms with E-state index in [4.69, 9.17) is 11.2 Å². The van der Waals surface area contributed by atoms with Crippen molar-refractivity contribution in [3.63, 3.8) is 0 Å². The molecule has 0 amide bonds. The van der Waals surface area contributed by atoms with E-state index in [9.17, 15) is 9.18 Å². The molecule has 1 fully saturated rings. The minimum absolute atomic E-state index is 0.117. The van der Waals surface area contributed by atoms with E-state index in [0.29, 0.717) is 0 Å². The number of ether oxygens (including phenoxy) is 1. The Morgan fingerprint density at radius 2 is 2.10 bits per heavy atom. The van der Waals surface area contributed by atoms with Crippen LogP contribution in [0.2, 0.25) is 0 Å². The van der Waals surface area contributed by atoms with Crippen LogP contribution in [-0.2, 0) is 9.53 Å². The Hall–Kier alpha value is -1.56. The highest BCUT2D eigenvalue weighted by molar-refractivity contribution is 5.79. The van der Waals surface area contributed by atoms with Crippen molar-refractivity contribution in [3.8, 4) is 12.3 Å². The van der Waals surface area contributed by atoms with Crippen molar-refractivity contribution >= 4 is 5.97 Å². The van der Waals surface area contributed by atoms with Gasteiger partial charge in [0.1, 0.15) is 0 Å². The maximum absolute atomic E-state index is 13.0. The molecular formula is C17H23FO2. The summed E-state index contributed by atoms with van der Waals surface area (Å²) in [6.07, 6.45) is 9.06. The highest BCUT2D eigenvalue weighted by Gasteiger charge is 2.61. The Bertz CT molecular complexity index is 476. The first kappa shape index (κ1) is 16.5. The molecule has 0 saturated heterocycles. The Balaban J connectivity index is 2.76. The topological polar surface area (TPSA) is 26.3 Å². The van der Waals surface area contributed by atoms with Crippen molar-refractivity contribution in [2.45, 2.75) is 47.1 Å². The van der Waals surface area contributed by atoms with Crippen molar-refractivity contribution in [2.75, 3.05) is 0 Å². The Kier molecular flexibility index (Phi) is 5.16. The molecule has 3 unspecified atom stereocenters. The lowest BCUT2D eigenvalue weighted by Gasteiger charge is -2.13. The van der Waals surface area contributed by atoms with Gasteiger partial charge in [0.15, 0.2) is 6.10 Å². The molecule has 0 spiro atoms. The van der Waals surface area contributed by atoms with Crippen LogP contribution >= 0.6 is 0 Å². The number of hydrogen-bond donors (Lipinski definition) is 0. The van der Waals surface area contributed by atoms with Gasteiger partial charge < -0.3 is 4.74 Å². The van der Waals surface area contributed by atoms with Crippen LogP contribution in [0, 0.1) is 29.6 Å². The van der Waals surface area contributed by atoms with Gasteiger partial charge in [0, 0.05) is 0 Å². The molecule has 1 saturated carbocycles. The second kappa shape index (κ2) is 6.26. The van der Waals surface area contributed by atoms with Crippen LogP contribution < -0.4 is 0 Å². The number of rotatable bonds is 5. The fourth-order valence-corrected chi connectivity index (χ4v) is 2.56. The minimum atomic E-state index is -0.630. The zero-order valence-corrected chi connectivity index (χ0v) is 12.9. The van der Waals surface area contributed by atoms with Crippen molar-refractivity contribution in [3.05, 3.63) is 23.6 Å². The standard InChI is InChI=1S/C17H23FO2/c1-7-9-11(3)14(8-2)20-16(19)15-13(10-12(4)18)17(15,5)6/h2,9-10,13-15H,7H2,1,3-6H3/b11-9+,12-10+. The third-order valence-electron chi connectivity index (χ3n) is 3.90. The molecular weight excluding hydrogens is 255 g/mol. The summed E-state index contributed by atoms with van der Waals surface area (Å²) in [6, 6.07) is 0. The lowest BCUT2D eigenvalue weighted by atomic mass is 10.1. The van der Waals surface area contributed by atoms with Crippen molar-refractivity contribution in [1.82, 2.24) is 0 Å². The number of carbonyl (C=O) groups is 1. The summed E-state index contributed by atoms with van der Waals surface area (Å²) in [6.45, 7) is 9.09. The van der Waals surface area contributed by atoms with Crippen molar-refractivity contribution < 1.29 is 13.9 Å². The van der Waals surface area contributed by atoms with Gasteiger partial charge in [-0.25, -0.2) is 4.39 Å². The molecule has 1 aliphatic carbocycles. The maximum atomic E-state index is 13.0. The average molecular weight is 278 g/mol. The van der Waals surface area contributed by atoms with Gasteiger partial charge in [-0.1, -0.05) is 32.8 Å². The van der Waals surface area contributed by atoms with Crippen LogP contribution in [0.15, 0.2) is 23.6 Å². The van der Waals surface area contributed by atoms with E-state index >= 15 is 0 Å². The summed E-state index contributed by atoms with van der Waals surface area (Å²) in [4.78, 5) is 12.2. The van der Waals surface area contributed by atoms with E-state index in [1.54, 1.807) is 0 Å². The zero-order chi connectivity index (χ0) is 15.5. The fraction of sp³-hybridized carbons (Fsp3) is 0.588. The van der Waals surface area contributed by atoms with E-state index in [1.165, 1.54) is 13.0 Å². The Labute approximate surface area is 121 Å². The van der Waals surface area contributed by atoms with E-state index in [-0.39, 0.29) is 29.0 Å². The number of terminal acetylenes is 1. The molecule has 0 radical (unpaired) electrons. The molecule has 0 aromatic rings. The summed E-state index contributed by atoms with van der Waals surface area (Å²) >= 11 is 0. The molecule has 3 heteroatoms. The van der Waals surface area contributed by atoms with E-state index in [2.05, 4.69) is 5.92 Å². The van der Waals surface area contributed by atoms with E-state index in [0.717, 1.165) is 12.0 Å². The molecule has 0 aliphatic heterocycles. The maximum Gasteiger partial charge on any atom is 0.311 e. The monoisotopic (exact) mass is 278 g/mol. The number of allylic oxidation sites excluding steroid dienone is 3. The van der Waals surface area contributed by atoms with Gasteiger partial charge in [-0.15, -0.1) is 6.42 Å². The number of carbonyl (C=O) groups excluding carboxylic acids is 1. The second-order valence-corrected chi connectivity index (χ2v) is 5.92. The van der Waals surface area contributed by atoms with Gasteiger partial charge in [0.25, 0.3) is 0 Å². The number of hydrogen-bond acceptors (Lipinski definition) is 2. The summed E-state index contributed by atoms with van der Waals surface area (Å²) in [5, 5.41) is 0. The summed E-state index contributed by atoms with van der Waals surface area (Å²) in [5.41, 5.74) is 0.585. The smallest absolute Gasteiger partial charge is 0.311 e. The summed E-state index contributed by atoms with van der Waals surface area (Å²) in [7, 11) is 0. The van der Waals surface area contributed by atoms with Crippen LogP contribution in [0.25, 0.3) is 0 Å². The first-order valence-electron chi connectivity index (χ1n) is 6.92. The SMILES string of the molecule is C#CC(OC(=O)C1C(/C=C(\C)F)C1(C)C)/C(C)=C/CC. The predicted octanol–water partition coefficient (Wildman–Crippen LogP) is 4.03. The molecule has 110 valence electrons. The first-order chi connectivity index (χ1) is 9.25. The second-order valence-electron chi connectivity index (χ2n) is 5.92. The van der Waals surface area contributed by atoms with Crippen LogP contribution in [0.4, 0.5) is 4.39 Å². The molecule has 0 heterocycles. The van der Waals surface area contributed by atoms with Gasteiger partial charge >= 0.3 is 5.97 Å². The Morgan fingerprint density at radius 3 is 2.55 bits per heavy atom. The quantitative estimate of drug-likeness (QED) is 0.431. The third-order valence-corrected chi connectivity index (χ3v) is 3.90. The van der Waals surface area contributed by atoms with Crippen LogP contribution in [0.1, 0.15) is 41.0 Å². The minimum Gasteiger partial charge on any atom is -0.444 e. The van der Waals surface area contributed by atoms with Gasteiger partial charge in [-0.05, 0) is 43.3 Å². The van der Waals surface area contributed by atoms with E-state index in [1.807, 2.05) is 33.8 Å². The van der Waals surface area contributed by atoms with Crippen LogP contribution in [0.3, 0.4) is 0 Å². The molecule has 0 aromatic carbocycles. The fourth-order valence-electron chi connectivity index (χ4n) is 2.56. The largest absolute Gasteiger partial charge is 0.444 e. The average Bonchev–Trinajstić information content (AvgIpc) is 2.86. The van der Waals surface area contributed by atoms with Gasteiger partial charge in [0.2, 0.25) is 0 Å². The normalized spacial score (nSPS) is 26.6. The Morgan fingerprint density at radius 1 is 1.50 bits per heavy atom. The number of halogens is 1. The molecule has 0 bridgehead atoms. The summed E-state index contributed by atoms with van der Waals surface area (Å²) in [5.74, 6) is 1.43. The van der Waals surface area contributed by atoms with Crippen LogP contribution in [-0.4, -0.2) is 12.1 Å². The number of esters is 1. The molecule has 3 atom stereocenters. The van der Waals surface area contributed by atoms with Crippen molar-refractivity contribution in [2.24, 2.45) is 17.3 Å². The van der Waals surface area contributed by atoms with Crippen LogP contribution in [0.5, 0.6) is 0 Å². The lowest BCUT2D eigenvalue weighted by Crippen LogP contribution is -2.20. The van der Waals surface area contributed by atoms with Gasteiger partial charge in [-0.3, -0.25) is 4.79 Å². The molecule has 0 aromatic heterocycles. The van der Waals surface area contributed by atoms with Gasteiger partial charge in [0.05, 0.1) is 11.7 Å².